The monoisotopic (exact) mass is 459 g/mol. The number of nitrogens with one attached hydrogen (secondary N) is 3. The predicted molar refractivity (Wildman–Crippen MR) is 114 cm³/mol. The van der Waals surface area contributed by atoms with Crippen LogP contribution >= 0.6 is 15.9 Å². The molecule has 1 fully saturated rings. The van der Waals surface area contributed by atoms with Crippen LogP contribution in [0.4, 0.5) is 17.5 Å². The van der Waals surface area contributed by atoms with Gasteiger partial charge >= 0.3 is 0 Å². The van der Waals surface area contributed by atoms with Crippen LogP contribution < -0.4 is 21.1 Å². The molecule has 0 spiro atoms. The normalized spacial score (nSPS) is 21.3. The minimum Gasteiger partial charge on any atom is -0.340 e. The van der Waals surface area contributed by atoms with Gasteiger partial charge in [0, 0.05) is 29.2 Å². The summed E-state index contributed by atoms with van der Waals surface area (Å²) < 4.78 is 0.887. The Balaban J connectivity index is 1.65. The van der Waals surface area contributed by atoms with Gasteiger partial charge in [0.2, 0.25) is 17.8 Å². The van der Waals surface area contributed by atoms with E-state index in [0.29, 0.717) is 11.6 Å². The minimum absolute atomic E-state index is 0.0976. The first-order chi connectivity index (χ1) is 13.9. The number of hydrogen-bond donors (Lipinski definition) is 3. The number of anilines is 3. The Morgan fingerprint density at radius 1 is 1.24 bits per heavy atom. The Bertz CT molecular complexity index is 1000. The van der Waals surface area contributed by atoms with Gasteiger partial charge in [-0.1, -0.05) is 15.9 Å². The van der Waals surface area contributed by atoms with E-state index in [9.17, 15) is 14.4 Å². The van der Waals surface area contributed by atoms with Crippen molar-refractivity contribution in [3.8, 4) is 0 Å². The molecule has 152 valence electrons. The van der Waals surface area contributed by atoms with Crippen LogP contribution in [0.1, 0.15) is 44.1 Å². The standard InChI is InChI=1S/C20H22BrN5O3/c1-11-4-2-3-9-26(11)20-24-17-16(19(29)25-20)14(10-15(27)23-17)18(28)22-13-7-5-12(21)6-8-13/h5-8,11,14H,2-4,9-10H2,1H3,(H,22,28)(H2,23,24,25,27,29)/t11-,14-/m0/s1. The van der Waals surface area contributed by atoms with Crippen LogP contribution in [0.15, 0.2) is 33.5 Å². The summed E-state index contributed by atoms with van der Waals surface area (Å²) in [4.78, 5) is 47.4. The molecule has 2 amide bonds. The lowest BCUT2D eigenvalue weighted by Gasteiger charge is -2.34. The third kappa shape index (κ3) is 4.05. The Labute approximate surface area is 176 Å². The first-order valence-electron chi connectivity index (χ1n) is 9.69. The van der Waals surface area contributed by atoms with Crippen LogP contribution in [0.2, 0.25) is 0 Å². The van der Waals surface area contributed by atoms with Gasteiger partial charge in [-0.2, -0.15) is 4.98 Å². The topological polar surface area (TPSA) is 107 Å². The number of piperidine rings is 1. The Morgan fingerprint density at radius 2 is 2.00 bits per heavy atom. The summed E-state index contributed by atoms with van der Waals surface area (Å²) in [6, 6.07) is 7.35. The van der Waals surface area contributed by atoms with E-state index < -0.39 is 17.4 Å². The van der Waals surface area contributed by atoms with Crippen molar-refractivity contribution in [2.24, 2.45) is 0 Å². The highest BCUT2D eigenvalue weighted by molar-refractivity contribution is 9.10. The smallest absolute Gasteiger partial charge is 0.258 e. The summed E-state index contributed by atoms with van der Waals surface area (Å²) in [5.41, 5.74) is 0.403. The molecule has 1 aromatic carbocycles. The van der Waals surface area contributed by atoms with Crippen LogP contribution in [0.25, 0.3) is 0 Å². The van der Waals surface area contributed by atoms with E-state index in [1.807, 2.05) is 4.90 Å². The fourth-order valence-electron chi connectivity index (χ4n) is 3.89. The van der Waals surface area contributed by atoms with Gasteiger partial charge in [0.15, 0.2) is 0 Å². The van der Waals surface area contributed by atoms with Gasteiger partial charge in [-0.3, -0.25) is 19.4 Å². The molecule has 8 nitrogen and oxygen atoms in total. The number of aromatic nitrogens is 2. The van der Waals surface area contributed by atoms with Crippen molar-refractivity contribution in [2.75, 3.05) is 22.1 Å². The van der Waals surface area contributed by atoms with Crippen molar-refractivity contribution in [3.05, 3.63) is 44.7 Å². The number of benzene rings is 1. The summed E-state index contributed by atoms with van der Waals surface area (Å²) in [5.74, 6) is -1.02. The average molecular weight is 460 g/mol. The van der Waals surface area contributed by atoms with Gasteiger partial charge in [-0.25, -0.2) is 0 Å². The van der Waals surface area contributed by atoms with Gasteiger partial charge in [-0.05, 0) is 50.5 Å². The summed E-state index contributed by atoms with van der Waals surface area (Å²) in [7, 11) is 0. The molecule has 1 saturated heterocycles. The Kier molecular flexibility index (Phi) is 5.40. The zero-order valence-corrected chi connectivity index (χ0v) is 17.6. The van der Waals surface area contributed by atoms with Gasteiger partial charge in [-0.15, -0.1) is 0 Å². The second kappa shape index (κ2) is 7.98. The number of H-pyrrole nitrogens is 1. The molecule has 0 aliphatic carbocycles. The SMILES string of the molecule is C[C@H]1CCCCN1c1nc2c(c(=O)[nH]1)[C@@H](C(=O)Nc1ccc(Br)cc1)CC(=O)N2. The van der Waals surface area contributed by atoms with Gasteiger partial charge < -0.3 is 15.5 Å². The van der Waals surface area contributed by atoms with E-state index in [-0.39, 0.29) is 29.8 Å². The molecule has 4 rings (SSSR count). The largest absolute Gasteiger partial charge is 0.340 e. The molecule has 2 aliphatic heterocycles. The first-order valence-corrected chi connectivity index (χ1v) is 10.5. The molecule has 0 unspecified atom stereocenters. The third-order valence-electron chi connectivity index (χ3n) is 5.44. The number of hydrogen-bond acceptors (Lipinski definition) is 5. The third-order valence-corrected chi connectivity index (χ3v) is 5.97. The second-order valence-electron chi connectivity index (χ2n) is 7.49. The molecular weight excluding hydrogens is 438 g/mol. The Hall–Kier alpha value is -2.68. The fourth-order valence-corrected chi connectivity index (χ4v) is 4.16. The summed E-state index contributed by atoms with van der Waals surface area (Å²) in [6.45, 7) is 2.88. The van der Waals surface area contributed by atoms with Crippen LogP contribution in [0.3, 0.4) is 0 Å². The zero-order valence-electron chi connectivity index (χ0n) is 16.0. The molecule has 3 heterocycles. The fraction of sp³-hybridized carbons (Fsp3) is 0.400. The molecule has 3 N–H and O–H groups in total. The highest BCUT2D eigenvalue weighted by Gasteiger charge is 2.35. The number of rotatable bonds is 3. The van der Waals surface area contributed by atoms with Crippen molar-refractivity contribution in [3.63, 3.8) is 0 Å². The van der Waals surface area contributed by atoms with Crippen molar-refractivity contribution >= 4 is 45.2 Å². The molecular formula is C20H22BrN5O3. The van der Waals surface area contributed by atoms with E-state index in [0.717, 1.165) is 30.3 Å². The highest BCUT2D eigenvalue weighted by Crippen LogP contribution is 2.31. The molecule has 0 bridgehead atoms. The van der Waals surface area contributed by atoms with E-state index in [1.165, 1.54) is 0 Å². The number of halogens is 1. The molecule has 0 radical (unpaired) electrons. The quantitative estimate of drug-likeness (QED) is 0.653. The number of amides is 2. The number of carbonyl (C=O) groups is 2. The molecule has 2 atom stereocenters. The number of nitrogens with zero attached hydrogens (tertiary/aromatic N) is 2. The number of fused-ring (bicyclic) bond motifs is 1. The van der Waals surface area contributed by atoms with Crippen LogP contribution in [0.5, 0.6) is 0 Å². The van der Waals surface area contributed by atoms with Crippen molar-refractivity contribution in [1.29, 1.82) is 0 Å². The minimum atomic E-state index is -0.897. The van der Waals surface area contributed by atoms with E-state index in [2.05, 4.69) is 43.5 Å². The zero-order chi connectivity index (χ0) is 20.5. The van der Waals surface area contributed by atoms with Crippen molar-refractivity contribution < 1.29 is 9.59 Å². The highest BCUT2D eigenvalue weighted by atomic mass is 79.9. The predicted octanol–water partition coefficient (Wildman–Crippen LogP) is 2.98. The maximum Gasteiger partial charge on any atom is 0.258 e. The number of carbonyl (C=O) groups excluding carboxylic acids is 2. The van der Waals surface area contributed by atoms with Crippen LogP contribution in [0, 0.1) is 0 Å². The molecule has 1 aromatic heterocycles. The Morgan fingerprint density at radius 3 is 2.72 bits per heavy atom. The van der Waals surface area contributed by atoms with Gasteiger partial charge in [0.25, 0.3) is 5.56 Å². The second-order valence-corrected chi connectivity index (χ2v) is 8.41. The van der Waals surface area contributed by atoms with Crippen molar-refractivity contribution in [1.82, 2.24) is 9.97 Å². The lowest BCUT2D eigenvalue weighted by molar-refractivity contribution is -0.123. The summed E-state index contributed by atoms with van der Waals surface area (Å²) >= 11 is 3.35. The van der Waals surface area contributed by atoms with E-state index in [1.54, 1.807) is 24.3 Å². The van der Waals surface area contributed by atoms with Crippen LogP contribution in [-0.4, -0.2) is 34.4 Å². The molecule has 2 aliphatic rings. The van der Waals surface area contributed by atoms with Gasteiger partial charge in [0.05, 0.1) is 11.5 Å². The lowest BCUT2D eigenvalue weighted by Crippen LogP contribution is -2.41. The molecule has 0 saturated carbocycles. The van der Waals surface area contributed by atoms with Gasteiger partial charge in [0.1, 0.15) is 5.82 Å². The van der Waals surface area contributed by atoms with Crippen LogP contribution in [-0.2, 0) is 9.59 Å². The summed E-state index contributed by atoms with van der Waals surface area (Å²) in [5, 5.41) is 5.45. The first kappa shape index (κ1) is 19.6. The number of aromatic amines is 1. The molecule has 2 aromatic rings. The van der Waals surface area contributed by atoms with E-state index >= 15 is 0 Å². The molecule has 29 heavy (non-hydrogen) atoms. The lowest BCUT2D eigenvalue weighted by atomic mass is 9.92. The maximum absolute atomic E-state index is 12.9. The maximum atomic E-state index is 12.9. The molecule has 9 heteroatoms. The van der Waals surface area contributed by atoms with Crippen molar-refractivity contribution in [2.45, 2.75) is 44.6 Å². The average Bonchev–Trinajstić information content (AvgIpc) is 2.69. The van der Waals surface area contributed by atoms with E-state index in [4.69, 9.17) is 0 Å². The summed E-state index contributed by atoms with van der Waals surface area (Å²) in [6.07, 6.45) is 3.09.